The Labute approximate surface area is 109 Å². The van der Waals surface area contributed by atoms with Crippen molar-refractivity contribution in [2.75, 3.05) is 0 Å². The van der Waals surface area contributed by atoms with E-state index in [2.05, 4.69) is 6.07 Å². The smallest absolute Gasteiger partial charge is 0.117 e. The number of nitriles is 1. The van der Waals surface area contributed by atoms with Crippen LogP contribution in [0.1, 0.15) is 30.2 Å². The molecule has 1 aromatic rings. The van der Waals surface area contributed by atoms with Crippen molar-refractivity contribution in [1.82, 2.24) is 0 Å². The van der Waals surface area contributed by atoms with Crippen LogP contribution in [0.2, 0.25) is 4.34 Å². The van der Waals surface area contributed by atoms with E-state index in [1.165, 1.54) is 11.3 Å². The fourth-order valence-electron chi connectivity index (χ4n) is 2.94. The first kappa shape index (κ1) is 11.5. The summed E-state index contributed by atoms with van der Waals surface area (Å²) >= 11 is 7.20. The Morgan fingerprint density at radius 1 is 1.59 bits per heavy atom. The van der Waals surface area contributed by atoms with Gasteiger partial charge >= 0.3 is 0 Å². The third-order valence-electron chi connectivity index (χ3n) is 3.81. The van der Waals surface area contributed by atoms with Crippen molar-refractivity contribution < 1.29 is 9.84 Å². The van der Waals surface area contributed by atoms with Crippen LogP contribution in [-0.4, -0.2) is 17.3 Å². The van der Waals surface area contributed by atoms with Crippen molar-refractivity contribution >= 4 is 22.9 Å². The molecule has 2 aliphatic rings. The van der Waals surface area contributed by atoms with Gasteiger partial charge in [0.15, 0.2) is 0 Å². The summed E-state index contributed by atoms with van der Waals surface area (Å²) in [7, 11) is 0. The van der Waals surface area contributed by atoms with Crippen LogP contribution in [0.15, 0.2) is 12.1 Å². The molecule has 0 aromatic carbocycles. The highest BCUT2D eigenvalue weighted by Crippen LogP contribution is 2.54. The van der Waals surface area contributed by atoms with Crippen molar-refractivity contribution in [3.8, 4) is 6.07 Å². The molecule has 2 aliphatic heterocycles. The maximum absolute atomic E-state index is 10.5. The van der Waals surface area contributed by atoms with Gasteiger partial charge in [0.05, 0.1) is 22.6 Å². The summed E-state index contributed by atoms with van der Waals surface area (Å²) in [5.41, 5.74) is -0.781. The molecule has 0 spiro atoms. The van der Waals surface area contributed by atoms with Crippen LogP contribution < -0.4 is 0 Å². The van der Waals surface area contributed by atoms with Gasteiger partial charge in [0, 0.05) is 4.88 Å². The molecule has 2 fully saturated rings. The number of fused-ring (bicyclic) bond motifs is 2. The summed E-state index contributed by atoms with van der Waals surface area (Å²) in [4.78, 5) is 0.757. The largest absolute Gasteiger partial charge is 0.386 e. The van der Waals surface area contributed by atoms with Gasteiger partial charge in [0.2, 0.25) is 0 Å². The Balaban J connectivity index is 1.94. The van der Waals surface area contributed by atoms with Crippen molar-refractivity contribution in [1.29, 1.82) is 5.26 Å². The Kier molecular flexibility index (Phi) is 2.68. The van der Waals surface area contributed by atoms with Crippen LogP contribution >= 0.6 is 22.9 Å². The zero-order valence-electron chi connectivity index (χ0n) is 9.10. The monoisotopic (exact) mass is 269 g/mol. The molecular formula is C12H12ClNO2S. The standard InChI is InChI=1S/C12H12ClNO2S/c13-10-4-2-8(17-10)11(15)12(6-14)5-7-1-3-9(12)16-7/h2,4,7,9,11,15H,1,3,5H2. The second kappa shape index (κ2) is 3.96. The number of hydrogen-bond acceptors (Lipinski definition) is 4. The van der Waals surface area contributed by atoms with Crippen LogP contribution in [0.5, 0.6) is 0 Å². The maximum Gasteiger partial charge on any atom is 0.117 e. The molecule has 4 atom stereocenters. The summed E-state index contributed by atoms with van der Waals surface area (Å²) in [5.74, 6) is 0. The van der Waals surface area contributed by atoms with Gasteiger partial charge in [0.1, 0.15) is 11.5 Å². The average Bonchev–Trinajstić information content (AvgIpc) is 3.02. The molecule has 0 saturated carbocycles. The van der Waals surface area contributed by atoms with E-state index in [4.69, 9.17) is 16.3 Å². The van der Waals surface area contributed by atoms with E-state index in [1.54, 1.807) is 12.1 Å². The predicted octanol–water partition coefficient (Wildman–Crippen LogP) is 2.90. The second-order valence-electron chi connectivity index (χ2n) is 4.72. The van der Waals surface area contributed by atoms with Gasteiger partial charge in [0.25, 0.3) is 0 Å². The van der Waals surface area contributed by atoms with Gasteiger partial charge in [-0.15, -0.1) is 11.3 Å². The number of aliphatic hydroxyl groups is 1. The first-order chi connectivity index (χ1) is 8.15. The lowest BCUT2D eigenvalue weighted by Crippen LogP contribution is -2.36. The molecule has 0 amide bonds. The molecule has 3 heterocycles. The summed E-state index contributed by atoms with van der Waals surface area (Å²) in [6.07, 6.45) is 1.73. The first-order valence-electron chi connectivity index (χ1n) is 5.66. The van der Waals surface area contributed by atoms with Crippen molar-refractivity contribution in [2.45, 2.75) is 37.6 Å². The maximum atomic E-state index is 10.5. The van der Waals surface area contributed by atoms with Gasteiger partial charge in [-0.3, -0.25) is 0 Å². The van der Waals surface area contributed by atoms with Crippen LogP contribution in [0, 0.1) is 16.7 Å². The minimum Gasteiger partial charge on any atom is -0.386 e. The molecular weight excluding hydrogens is 258 g/mol. The molecule has 2 bridgehead atoms. The molecule has 5 heteroatoms. The van der Waals surface area contributed by atoms with E-state index in [0.29, 0.717) is 10.8 Å². The highest BCUT2D eigenvalue weighted by atomic mass is 35.5. The number of thiophene rings is 1. The Bertz CT molecular complexity index is 483. The molecule has 90 valence electrons. The molecule has 4 unspecified atom stereocenters. The average molecular weight is 270 g/mol. The van der Waals surface area contributed by atoms with E-state index in [9.17, 15) is 10.4 Å². The number of hydrogen-bond donors (Lipinski definition) is 1. The Hall–Kier alpha value is -0.600. The number of aliphatic hydroxyl groups excluding tert-OH is 1. The van der Waals surface area contributed by atoms with Crippen molar-refractivity contribution in [2.24, 2.45) is 5.41 Å². The van der Waals surface area contributed by atoms with Crippen LogP contribution in [-0.2, 0) is 4.74 Å². The quantitative estimate of drug-likeness (QED) is 0.898. The van der Waals surface area contributed by atoms with Gasteiger partial charge < -0.3 is 9.84 Å². The highest BCUT2D eigenvalue weighted by Gasteiger charge is 2.57. The molecule has 3 rings (SSSR count). The number of nitrogens with zero attached hydrogens (tertiary/aromatic N) is 1. The van der Waals surface area contributed by atoms with Crippen LogP contribution in [0.25, 0.3) is 0 Å². The predicted molar refractivity (Wildman–Crippen MR) is 64.8 cm³/mol. The normalized spacial score (nSPS) is 37.0. The van der Waals surface area contributed by atoms with Crippen molar-refractivity contribution in [3.63, 3.8) is 0 Å². The lowest BCUT2D eigenvalue weighted by molar-refractivity contribution is 0.00526. The first-order valence-corrected chi connectivity index (χ1v) is 6.85. The third kappa shape index (κ3) is 1.61. The van der Waals surface area contributed by atoms with Crippen molar-refractivity contribution in [3.05, 3.63) is 21.3 Å². The Morgan fingerprint density at radius 3 is 2.88 bits per heavy atom. The van der Waals surface area contributed by atoms with E-state index < -0.39 is 11.5 Å². The Morgan fingerprint density at radius 2 is 2.41 bits per heavy atom. The molecule has 1 N–H and O–H groups in total. The summed E-state index contributed by atoms with van der Waals surface area (Å²) in [6.45, 7) is 0. The second-order valence-corrected chi connectivity index (χ2v) is 6.47. The van der Waals surface area contributed by atoms with E-state index >= 15 is 0 Å². The zero-order valence-corrected chi connectivity index (χ0v) is 10.7. The zero-order chi connectivity index (χ0) is 12.0. The molecule has 1 aromatic heterocycles. The van der Waals surface area contributed by atoms with Gasteiger partial charge in [-0.25, -0.2) is 0 Å². The summed E-state index contributed by atoms with van der Waals surface area (Å²) < 4.78 is 6.35. The lowest BCUT2D eigenvalue weighted by atomic mass is 9.71. The number of halogens is 1. The third-order valence-corrected chi connectivity index (χ3v) is 5.09. The van der Waals surface area contributed by atoms with Gasteiger partial charge in [-0.05, 0) is 31.4 Å². The lowest BCUT2D eigenvalue weighted by Gasteiger charge is -2.32. The topological polar surface area (TPSA) is 53.2 Å². The molecule has 2 saturated heterocycles. The SMILES string of the molecule is N#CC1(C(O)c2ccc(Cl)s2)CC2CCC1O2. The fraction of sp³-hybridized carbons (Fsp3) is 0.583. The van der Waals surface area contributed by atoms with E-state index in [0.717, 1.165) is 17.7 Å². The van der Waals surface area contributed by atoms with Gasteiger partial charge in [-0.2, -0.15) is 5.26 Å². The van der Waals surface area contributed by atoms with Gasteiger partial charge in [-0.1, -0.05) is 11.6 Å². The summed E-state index contributed by atoms with van der Waals surface area (Å²) in [6, 6.07) is 5.85. The van der Waals surface area contributed by atoms with E-state index in [-0.39, 0.29) is 12.2 Å². The molecule has 0 radical (unpaired) electrons. The molecule has 0 aliphatic carbocycles. The van der Waals surface area contributed by atoms with Crippen LogP contribution in [0.3, 0.4) is 0 Å². The van der Waals surface area contributed by atoms with Crippen LogP contribution in [0.4, 0.5) is 0 Å². The van der Waals surface area contributed by atoms with E-state index in [1.807, 2.05) is 0 Å². The minimum absolute atomic E-state index is 0.131. The number of rotatable bonds is 2. The highest BCUT2D eigenvalue weighted by molar-refractivity contribution is 7.16. The fourth-order valence-corrected chi connectivity index (χ4v) is 4.09. The minimum atomic E-state index is -0.791. The molecule has 17 heavy (non-hydrogen) atoms. The number of ether oxygens (including phenoxy) is 1. The summed E-state index contributed by atoms with van der Waals surface area (Å²) in [5, 5.41) is 19.9. The molecule has 3 nitrogen and oxygen atoms in total.